The smallest absolute Gasteiger partial charge is 0.229 e. The number of methoxy groups -OCH3 is 1. The zero-order chi connectivity index (χ0) is 30.5. The van der Waals surface area contributed by atoms with Gasteiger partial charge in [-0.05, 0) is 61.4 Å². The van der Waals surface area contributed by atoms with Crippen LogP contribution in [0, 0.1) is 24.1 Å². The number of amides is 1. The Hall–Kier alpha value is -4.26. The second kappa shape index (κ2) is 13.4. The largest absolute Gasteiger partial charge is 0.492 e. The molecule has 1 amide bonds. The van der Waals surface area contributed by atoms with Gasteiger partial charge in [-0.15, -0.1) is 0 Å². The molecule has 8 nitrogen and oxygen atoms in total. The summed E-state index contributed by atoms with van der Waals surface area (Å²) in [5, 5.41) is 19.8. The highest BCUT2D eigenvalue weighted by Gasteiger charge is 2.30. The second-order valence-corrected chi connectivity index (χ2v) is 11.4. The second-order valence-electron chi connectivity index (χ2n) is 11.4. The third-order valence-corrected chi connectivity index (χ3v) is 8.44. The van der Waals surface area contributed by atoms with Crippen molar-refractivity contribution in [2.45, 2.75) is 57.5 Å². The number of para-hydroxylation sites is 1. The van der Waals surface area contributed by atoms with Crippen molar-refractivity contribution >= 4 is 16.8 Å². The van der Waals surface area contributed by atoms with Crippen molar-refractivity contribution in [3.05, 3.63) is 82.9 Å². The normalized spacial score (nSPS) is 15.9. The number of hydrogen-bond donors (Lipinski definition) is 2. The number of carbonyl (C=O) groups is 1. The number of aromatic nitrogens is 2. The fourth-order valence-electron chi connectivity index (χ4n) is 6.37. The lowest BCUT2D eigenvalue weighted by molar-refractivity contribution is -0.132. The molecule has 5 rings (SSSR count). The van der Waals surface area contributed by atoms with Crippen LogP contribution in [0.3, 0.4) is 0 Å². The van der Waals surface area contributed by atoms with Gasteiger partial charge in [-0.2, -0.15) is 5.26 Å². The van der Waals surface area contributed by atoms with Crippen LogP contribution in [-0.2, 0) is 22.5 Å². The Morgan fingerprint density at radius 3 is 2.79 bits per heavy atom. The van der Waals surface area contributed by atoms with Crippen LogP contribution in [0.25, 0.3) is 22.0 Å². The van der Waals surface area contributed by atoms with Crippen LogP contribution in [0.5, 0.6) is 5.88 Å². The van der Waals surface area contributed by atoms with Gasteiger partial charge in [0.05, 0.1) is 5.52 Å². The summed E-state index contributed by atoms with van der Waals surface area (Å²) < 4.78 is 22.4. The summed E-state index contributed by atoms with van der Waals surface area (Å²) in [5.74, 6) is -0.351. The van der Waals surface area contributed by atoms with Crippen molar-refractivity contribution in [1.29, 1.82) is 5.26 Å². The van der Waals surface area contributed by atoms with E-state index in [2.05, 4.69) is 16.5 Å². The van der Waals surface area contributed by atoms with Gasteiger partial charge in [-0.3, -0.25) is 4.79 Å². The first kappa shape index (κ1) is 30.2. The van der Waals surface area contributed by atoms with E-state index in [4.69, 9.17) is 15.7 Å². The molecule has 1 aliphatic rings. The summed E-state index contributed by atoms with van der Waals surface area (Å²) >= 11 is 0. The minimum Gasteiger partial charge on any atom is -0.492 e. The molecule has 0 bridgehead atoms. The number of pyridine rings is 1. The molecule has 3 N–H and O–H groups in total. The number of fused-ring (bicyclic) bond motifs is 1. The third kappa shape index (κ3) is 6.56. The molecule has 0 saturated carbocycles. The lowest BCUT2D eigenvalue weighted by atomic mass is 9.91. The van der Waals surface area contributed by atoms with Crippen LogP contribution in [0.15, 0.2) is 54.7 Å². The SMILES string of the molecule is COCCCn1c(C2CCCN(C(=O)C[C@H](N)Cc3ccc(-c4cnc(O)c(C#N)c4)cc3)C2)c(C)c2cccc(F)c21. The van der Waals surface area contributed by atoms with E-state index in [1.165, 1.54) is 12.3 Å². The van der Waals surface area contributed by atoms with Gasteiger partial charge < -0.3 is 25.0 Å². The number of ether oxygens (including phenoxy) is 1. The maximum atomic E-state index is 15.0. The van der Waals surface area contributed by atoms with Crippen molar-refractivity contribution in [2.24, 2.45) is 5.73 Å². The van der Waals surface area contributed by atoms with Gasteiger partial charge in [0.15, 0.2) is 0 Å². The standard InChI is InChI=1S/C34H38FN5O3/c1-22-29-7-3-8-30(35)33(29)40(14-5-15-43-2)32(22)25-6-4-13-39(21-25)31(41)18-28(37)16-23-9-11-24(12-10-23)27-17-26(19-36)34(42)38-20-27/h3,7-12,17,20,25,28H,4-6,13-16,18,21,37H2,1-2H3,(H,38,42)/t25?,28-/m1/s1. The number of nitrogens with two attached hydrogens (primary N) is 1. The maximum Gasteiger partial charge on any atom is 0.229 e. The molecule has 3 heterocycles. The van der Waals surface area contributed by atoms with Crippen LogP contribution in [0.4, 0.5) is 4.39 Å². The molecule has 0 spiro atoms. The lowest BCUT2D eigenvalue weighted by Crippen LogP contribution is -2.42. The average Bonchev–Trinajstić information content (AvgIpc) is 3.30. The zero-order valence-corrected chi connectivity index (χ0v) is 24.7. The third-order valence-electron chi connectivity index (χ3n) is 8.44. The van der Waals surface area contributed by atoms with E-state index in [9.17, 15) is 9.90 Å². The average molecular weight is 584 g/mol. The van der Waals surface area contributed by atoms with E-state index in [1.54, 1.807) is 19.2 Å². The van der Waals surface area contributed by atoms with E-state index in [0.717, 1.165) is 52.6 Å². The van der Waals surface area contributed by atoms with E-state index in [1.807, 2.05) is 41.3 Å². The molecule has 224 valence electrons. The van der Waals surface area contributed by atoms with E-state index >= 15 is 4.39 Å². The number of hydrogen-bond acceptors (Lipinski definition) is 6. The lowest BCUT2D eigenvalue weighted by Gasteiger charge is -2.34. The Morgan fingerprint density at radius 2 is 2.05 bits per heavy atom. The highest BCUT2D eigenvalue weighted by molar-refractivity contribution is 5.86. The van der Waals surface area contributed by atoms with Crippen LogP contribution < -0.4 is 5.73 Å². The molecule has 2 aromatic heterocycles. The van der Waals surface area contributed by atoms with E-state index in [0.29, 0.717) is 38.2 Å². The van der Waals surface area contributed by atoms with Crippen LogP contribution in [0.1, 0.15) is 54.0 Å². The number of piperidine rings is 1. The first-order valence-corrected chi connectivity index (χ1v) is 14.8. The summed E-state index contributed by atoms with van der Waals surface area (Å²) in [6.07, 6.45) is 4.92. The minimum atomic E-state index is -0.337. The number of rotatable bonds is 10. The summed E-state index contributed by atoms with van der Waals surface area (Å²) in [7, 11) is 1.67. The molecule has 9 heteroatoms. The Bertz CT molecular complexity index is 1640. The van der Waals surface area contributed by atoms with Crippen molar-refractivity contribution in [1.82, 2.24) is 14.5 Å². The molecule has 0 radical (unpaired) electrons. The first-order valence-electron chi connectivity index (χ1n) is 14.8. The van der Waals surface area contributed by atoms with Crippen LogP contribution >= 0.6 is 0 Å². The number of halogens is 1. The van der Waals surface area contributed by atoms with Crippen molar-refractivity contribution < 1.29 is 19.0 Å². The monoisotopic (exact) mass is 583 g/mol. The number of carbonyl (C=O) groups excluding carboxylic acids is 1. The van der Waals surface area contributed by atoms with Gasteiger partial charge >= 0.3 is 0 Å². The van der Waals surface area contributed by atoms with Gasteiger partial charge in [-0.1, -0.05) is 36.4 Å². The van der Waals surface area contributed by atoms with E-state index in [-0.39, 0.29) is 41.5 Å². The van der Waals surface area contributed by atoms with Crippen LogP contribution in [-0.4, -0.2) is 58.3 Å². The van der Waals surface area contributed by atoms with Crippen molar-refractivity contribution in [2.75, 3.05) is 26.8 Å². The molecule has 2 atom stereocenters. The van der Waals surface area contributed by atoms with Gasteiger partial charge in [0, 0.05) is 74.6 Å². The molecule has 4 aromatic rings. The summed E-state index contributed by atoms with van der Waals surface area (Å²) in [4.78, 5) is 19.2. The number of nitriles is 1. The number of likely N-dealkylation sites (tertiary alicyclic amines) is 1. The highest BCUT2D eigenvalue weighted by Crippen LogP contribution is 2.37. The molecule has 1 saturated heterocycles. The van der Waals surface area contributed by atoms with E-state index < -0.39 is 0 Å². The Labute approximate surface area is 251 Å². The zero-order valence-electron chi connectivity index (χ0n) is 24.7. The molecule has 2 aromatic carbocycles. The fourth-order valence-corrected chi connectivity index (χ4v) is 6.37. The Balaban J connectivity index is 1.25. The maximum absolute atomic E-state index is 15.0. The van der Waals surface area contributed by atoms with Gasteiger partial charge in [-0.25, -0.2) is 9.37 Å². The number of aromatic hydroxyl groups is 1. The predicted molar refractivity (Wildman–Crippen MR) is 164 cm³/mol. The molecular formula is C34H38FN5O3. The quantitative estimate of drug-likeness (QED) is 0.241. The Kier molecular flexibility index (Phi) is 9.39. The molecule has 1 fully saturated rings. The molecular weight excluding hydrogens is 545 g/mol. The van der Waals surface area contributed by atoms with Crippen LogP contribution in [0.2, 0.25) is 0 Å². The first-order chi connectivity index (χ1) is 20.8. The summed E-state index contributed by atoms with van der Waals surface area (Å²) in [6.45, 7) is 4.60. The highest BCUT2D eigenvalue weighted by atomic mass is 19.1. The minimum absolute atomic E-state index is 0.0406. The molecule has 43 heavy (non-hydrogen) atoms. The number of benzene rings is 2. The van der Waals surface area contributed by atoms with Gasteiger partial charge in [0.1, 0.15) is 17.4 Å². The topological polar surface area (TPSA) is 117 Å². The van der Waals surface area contributed by atoms with Crippen molar-refractivity contribution in [3.8, 4) is 23.1 Å². The number of nitrogens with zero attached hydrogens (tertiary/aromatic N) is 4. The fraction of sp³-hybridized carbons (Fsp3) is 0.382. The van der Waals surface area contributed by atoms with Gasteiger partial charge in [0.2, 0.25) is 11.8 Å². The molecule has 1 aliphatic heterocycles. The molecule has 1 unspecified atom stereocenters. The molecule has 0 aliphatic carbocycles. The summed E-state index contributed by atoms with van der Waals surface area (Å²) in [6, 6.07) is 16.2. The number of aryl methyl sites for hydroxylation is 2. The van der Waals surface area contributed by atoms with Crippen molar-refractivity contribution in [3.63, 3.8) is 0 Å². The predicted octanol–water partition coefficient (Wildman–Crippen LogP) is 5.43. The van der Waals surface area contributed by atoms with Gasteiger partial charge in [0.25, 0.3) is 0 Å². The summed E-state index contributed by atoms with van der Waals surface area (Å²) in [5.41, 5.74) is 12.0. The Morgan fingerprint density at radius 1 is 1.26 bits per heavy atom.